The molecule has 0 aromatic heterocycles. The zero-order valence-electron chi connectivity index (χ0n) is 10.8. The smallest absolute Gasteiger partial charge is 0.325 e. The van der Waals surface area contributed by atoms with Crippen molar-refractivity contribution in [2.75, 3.05) is 13.2 Å². The van der Waals surface area contributed by atoms with Crippen molar-refractivity contribution in [2.24, 2.45) is 0 Å². The molecule has 2 rings (SSSR count). The van der Waals surface area contributed by atoms with E-state index in [1.165, 1.54) is 0 Å². The van der Waals surface area contributed by atoms with E-state index in [-0.39, 0.29) is 19.1 Å². The number of hydrogen-bond acceptors (Lipinski definition) is 3. The van der Waals surface area contributed by atoms with Crippen LogP contribution in [-0.4, -0.2) is 35.5 Å². The fourth-order valence-electron chi connectivity index (χ4n) is 1.83. The van der Waals surface area contributed by atoms with Crippen LogP contribution in [0.5, 0.6) is 5.75 Å². The number of ether oxygens (including phenoxy) is 1. The third-order valence-electron chi connectivity index (χ3n) is 2.85. The molecule has 1 aliphatic rings. The van der Waals surface area contributed by atoms with Crippen LogP contribution >= 0.6 is 11.6 Å². The summed E-state index contributed by atoms with van der Waals surface area (Å²) in [5.74, 6) is 0.288. The van der Waals surface area contributed by atoms with Crippen LogP contribution in [0.1, 0.15) is 13.8 Å². The summed E-state index contributed by atoms with van der Waals surface area (Å²) in [5.41, 5.74) is -0.846. The fraction of sp³-hybridized carbons (Fsp3) is 0.385. The molecule has 0 aliphatic carbocycles. The summed E-state index contributed by atoms with van der Waals surface area (Å²) in [6, 6.07) is 6.66. The number of rotatable bonds is 4. The van der Waals surface area contributed by atoms with Crippen LogP contribution in [0.15, 0.2) is 24.3 Å². The van der Waals surface area contributed by atoms with Crippen molar-refractivity contribution in [1.29, 1.82) is 0 Å². The molecular formula is C13H15ClN2O3. The number of nitrogens with one attached hydrogen (secondary N) is 1. The molecule has 1 aromatic rings. The van der Waals surface area contributed by atoms with E-state index in [2.05, 4.69) is 5.32 Å². The average molecular weight is 283 g/mol. The summed E-state index contributed by atoms with van der Waals surface area (Å²) in [6.07, 6.45) is 0. The first kappa shape index (κ1) is 13.7. The number of para-hydroxylation sites is 1. The molecule has 1 fully saturated rings. The molecule has 1 aliphatic heterocycles. The Hall–Kier alpha value is -1.75. The first-order chi connectivity index (χ1) is 8.92. The normalized spacial score (nSPS) is 17.5. The maximum atomic E-state index is 11.9. The van der Waals surface area contributed by atoms with E-state index >= 15 is 0 Å². The first-order valence-electron chi connectivity index (χ1n) is 5.93. The molecule has 1 aromatic carbocycles. The van der Waals surface area contributed by atoms with Gasteiger partial charge in [0, 0.05) is 0 Å². The Kier molecular flexibility index (Phi) is 3.66. The lowest BCUT2D eigenvalue weighted by molar-refractivity contribution is -0.130. The quantitative estimate of drug-likeness (QED) is 0.860. The molecular weight excluding hydrogens is 268 g/mol. The van der Waals surface area contributed by atoms with Gasteiger partial charge in [0.15, 0.2) is 0 Å². The Morgan fingerprint density at radius 1 is 1.32 bits per heavy atom. The van der Waals surface area contributed by atoms with E-state index in [1.54, 1.807) is 38.1 Å². The van der Waals surface area contributed by atoms with Gasteiger partial charge in [-0.05, 0) is 26.0 Å². The number of hydrogen-bond donors (Lipinski definition) is 1. The van der Waals surface area contributed by atoms with Crippen molar-refractivity contribution in [1.82, 2.24) is 10.2 Å². The Labute approximate surface area is 116 Å². The van der Waals surface area contributed by atoms with E-state index in [1.807, 2.05) is 0 Å². The van der Waals surface area contributed by atoms with E-state index < -0.39 is 11.6 Å². The molecule has 0 saturated carbocycles. The third-order valence-corrected chi connectivity index (χ3v) is 3.17. The molecule has 0 unspecified atom stereocenters. The molecule has 0 bridgehead atoms. The van der Waals surface area contributed by atoms with Gasteiger partial charge in [-0.2, -0.15) is 0 Å². The number of urea groups is 1. The van der Waals surface area contributed by atoms with Crippen molar-refractivity contribution in [3.05, 3.63) is 29.3 Å². The van der Waals surface area contributed by atoms with Gasteiger partial charge in [-0.1, -0.05) is 23.7 Å². The summed E-state index contributed by atoms with van der Waals surface area (Å²) in [6.45, 7) is 3.74. The minimum atomic E-state index is -0.846. The van der Waals surface area contributed by atoms with Crippen molar-refractivity contribution >= 4 is 23.5 Å². The van der Waals surface area contributed by atoms with Gasteiger partial charge in [-0.25, -0.2) is 4.79 Å². The van der Waals surface area contributed by atoms with E-state index in [0.29, 0.717) is 10.8 Å². The van der Waals surface area contributed by atoms with Crippen molar-refractivity contribution in [2.45, 2.75) is 19.4 Å². The molecule has 0 atom stereocenters. The topological polar surface area (TPSA) is 58.6 Å². The molecule has 19 heavy (non-hydrogen) atoms. The molecule has 5 nitrogen and oxygen atoms in total. The van der Waals surface area contributed by atoms with E-state index in [9.17, 15) is 9.59 Å². The highest BCUT2D eigenvalue weighted by Crippen LogP contribution is 2.23. The molecule has 0 radical (unpaired) electrons. The lowest BCUT2D eigenvalue weighted by atomic mass is 10.1. The zero-order chi connectivity index (χ0) is 14.0. The van der Waals surface area contributed by atoms with Crippen LogP contribution in [0, 0.1) is 0 Å². The van der Waals surface area contributed by atoms with Crippen LogP contribution < -0.4 is 10.1 Å². The van der Waals surface area contributed by atoms with E-state index in [0.717, 1.165) is 4.90 Å². The molecule has 6 heteroatoms. The Balaban J connectivity index is 1.92. The summed E-state index contributed by atoms with van der Waals surface area (Å²) >= 11 is 5.94. The second-order valence-electron chi connectivity index (χ2n) is 4.79. The summed E-state index contributed by atoms with van der Waals surface area (Å²) in [7, 11) is 0. The number of carbonyl (C=O) groups excluding carboxylic acids is 2. The molecule has 3 amide bonds. The molecule has 0 spiro atoms. The average Bonchev–Trinajstić information content (AvgIpc) is 2.53. The number of benzene rings is 1. The SMILES string of the molecule is CC1(C)NC(=O)N(CCOc2ccccc2Cl)C1=O. The summed E-state index contributed by atoms with van der Waals surface area (Å²) in [5, 5.41) is 3.11. The Morgan fingerprint density at radius 2 is 2.00 bits per heavy atom. The lowest BCUT2D eigenvalue weighted by Crippen LogP contribution is -2.40. The molecule has 1 saturated heterocycles. The number of amides is 3. The van der Waals surface area contributed by atoms with Gasteiger partial charge in [-0.3, -0.25) is 9.69 Å². The predicted octanol–water partition coefficient (Wildman–Crippen LogP) is 2.05. The second kappa shape index (κ2) is 5.09. The molecule has 1 heterocycles. The minimum Gasteiger partial charge on any atom is -0.490 e. The number of halogens is 1. The summed E-state index contributed by atoms with van der Waals surface area (Å²) < 4.78 is 5.46. The minimum absolute atomic E-state index is 0.194. The van der Waals surface area contributed by atoms with Gasteiger partial charge in [0.1, 0.15) is 17.9 Å². The third kappa shape index (κ3) is 2.81. The van der Waals surface area contributed by atoms with Gasteiger partial charge in [0.05, 0.1) is 11.6 Å². The van der Waals surface area contributed by atoms with Crippen molar-refractivity contribution in [3.8, 4) is 5.75 Å². The highest BCUT2D eigenvalue weighted by Gasteiger charge is 2.43. The first-order valence-corrected chi connectivity index (χ1v) is 6.31. The van der Waals surface area contributed by atoms with Gasteiger partial charge in [-0.15, -0.1) is 0 Å². The maximum absolute atomic E-state index is 11.9. The van der Waals surface area contributed by atoms with Crippen LogP contribution in [0.2, 0.25) is 5.02 Å². The highest BCUT2D eigenvalue weighted by molar-refractivity contribution is 6.32. The standard InChI is InChI=1S/C13H15ClN2O3/c1-13(2)11(17)16(12(18)15-13)7-8-19-10-6-4-3-5-9(10)14/h3-6H,7-8H2,1-2H3,(H,15,18). The maximum Gasteiger partial charge on any atom is 0.325 e. The van der Waals surface area contributed by atoms with Crippen LogP contribution in [-0.2, 0) is 4.79 Å². The Bertz CT molecular complexity index is 516. The van der Waals surface area contributed by atoms with E-state index in [4.69, 9.17) is 16.3 Å². The van der Waals surface area contributed by atoms with Gasteiger partial charge >= 0.3 is 6.03 Å². The molecule has 102 valence electrons. The van der Waals surface area contributed by atoms with Crippen molar-refractivity contribution in [3.63, 3.8) is 0 Å². The highest BCUT2D eigenvalue weighted by atomic mass is 35.5. The second-order valence-corrected chi connectivity index (χ2v) is 5.20. The monoisotopic (exact) mass is 282 g/mol. The summed E-state index contributed by atoms with van der Waals surface area (Å²) in [4.78, 5) is 24.7. The van der Waals surface area contributed by atoms with Gasteiger partial charge in [0.25, 0.3) is 5.91 Å². The number of nitrogens with zero attached hydrogens (tertiary/aromatic N) is 1. The van der Waals surface area contributed by atoms with Crippen LogP contribution in [0.3, 0.4) is 0 Å². The Morgan fingerprint density at radius 3 is 2.58 bits per heavy atom. The van der Waals surface area contributed by atoms with Crippen LogP contribution in [0.4, 0.5) is 4.79 Å². The lowest BCUT2D eigenvalue weighted by Gasteiger charge is -2.16. The molecule has 1 N–H and O–H groups in total. The predicted molar refractivity (Wildman–Crippen MR) is 71.3 cm³/mol. The van der Waals surface area contributed by atoms with Gasteiger partial charge in [0.2, 0.25) is 0 Å². The number of carbonyl (C=O) groups is 2. The van der Waals surface area contributed by atoms with Gasteiger partial charge < -0.3 is 10.1 Å². The fourth-order valence-corrected chi connectivity index (χ4v) is 2.02. The van der Waals surface area contributed by atoms with Crippen molar-refractivity contribution < 1.29 is 14.3 Å². The van der Waals surface area contributed by atoms with Crippen LogP contribution in [0.25, 0.3) is 0 Å². The number of imide groups is 1. The zero-order valence-corrected chi connectivity index (χ0v) is 11.5. The largest absolute Gasteiger partial charge is 0.490 e.